The number of alkyl halides is 1. The molecule has 0 saturated carbocycles. The molecule has 0 atom stereocenters. The molecular formula is C19H13Br. The minimum Gasteiger partial charge on any atom is -0.0876 e. The molecule has 0 bridgehead atoms. The lowest BCUT2D eigenvalue weighted by Crippen LogP contribution is -1.82. The molecular weight excluding hydrogens is 308 g/mol. The first-order valence-corrected chi connectivity index (χ1v) is 7.88. The molecule has 0 aliphatic heterocycles. The Bertz CT molecular complexity index is 938. The minimum absolute atomic E-state index is 0.901. The summed E-state index contributed by atoms with van der Waals surface area (Å²) in [4.78, 5) is 0. The smallest absolute Gasteiger partial charge is 0.0283 e. The van der Waals surface area contributed by atoms with E-state index in [1.54, 1.807) is 0 Å². The van der Waals surface area contributed by atoms with Gasteiger partial charge in [-0.05, 0) is 37.9 Å². The van der Waals surface area contributed by atoms with Crippen LogP contribution in [0.15, 0.2) is 66.7 Å². The summed E-state index contributed by atoms with van der Waals surface area (Å²) in [5, 5.41) is 8.85. The van der Waals surface area contributed by atoms with Crippen LogP contribution in [-0.4, -0.2) is 0 Å². The van der Waals surface area contributed by atoms with Crippen LogP contribution in [0.5, 0.6) is 0 Å². The van der Waals surface area contributed by atoms with Crippen molar-refractivity contribution in [1.29, 1.82) is 0 Å². The highest BCUT2D eigenvalue weighted by molar-refractivity contribution is 9.08. The number of hydrogen-bond acceptors (Lipinski definition) is 0. The predicted octanol–water partition coefficient (Wildman–Crippen LogP) is 6.04. The Hall–Kier alpha value is -1.86. The zero-order valence-corrected chi connectivity index (χ0v) is 12.5. The van der Waals surface area contributed by atoms with Gasteiger partial charge in [0.15, 0.2) is 0 Å². The molecule has 4 aromatic carbocycles. The molecule has 0 aromatic heterocycles. The highest BCUT2D eigenvalue weighted by Gasteiger charge is 2.04. The van der Waals surface area contributed by atoms with Gasteiger partial charge in [-0.2, -0.15) is 0 Å². The topological polar surface area (TPSA) is 0 Å². The van der Waals surface area contributed by atoms with Gasteiger partial charge in [-0.15, -0.1) is 0 Å². The Balaban J connectivity index is 2.17. The Kier molecular flexibility index (Phi) is 2.75. The van der Waals surface area contributed by atoms with Crippen LogP contribution in [0.25, 0.3) is 32.3 Å². The first kappa shape index (κ1) is 11.9. The van der Waals surface area contributed by atoms with Crippen molar-refractivity contribution in [3.05, 3.63) is 72.3 Å². The first-order valence-electron chi connectivity index (χ1n) is 6.76. The van der Waals surface area contributed by atoms with Gasteiger partial charge in [0.2, 0.25) is 0 Å². The summed E-state index contributed by atoms with van der Waals surface area (Å²) in [5.74, 6) is 0. The van der Waals surface area contributed by atoms with Gasteiger partial charge >= 0.3 is 0 Å². The summed E-state index contributed by atoms with van der Waals surface area (Å²) in [7, 11) is 0. The van der Waals surface area contributed by atoms with Crippen molar-refractivity contribution in [2.45, 2.75) is 5.33 Å². The summed E-state index contributed by atoms with van der Waals surface area (Å²) in [6.07, 6.45) is 0. The van der Waals surface area contributed by atoms with Crippen LogP contribution in [0.1, 0.15) is 5.56 Å². The highest BCUT2D eigenvalue weighted by atomic mass is 79.9. The zero-order valence-electron chi connectivity index (χ0n) is 10.9. The van der Waals surface area contributed by atoms with E-state index in [-0.39, 0.29) is 0 Å². The van der Waals surface area contributed by atoms with Gasteiger partial charge in [-0.3, -0.25) is 0 Å². The van der Waals surface area contributed by atoms with Crippen LogP contribution in [0.3, 0.4) is 0 Å². The zero-order chi connectivity index (χ0) is 13.5. The van der Waals surface area contributed by atoms with Crippen molar-refractivity contribution in [3.8, 4) is 0 Å². The molecule has 0 unspecified atom stereocenters. The molecule has 0 nitrogen and oxygen atoms in total. The van der Waals surface area contributed by atoms with Crippen molar-refractivity contribution < 1.29 is 0 Å². The average Bonchev–Trinajstić information content (AvgIpc) is 2.53. The van der Waals surface area contributed by atoms with Gasteiger partial charge in [-0.1, -0.05) is 82.7 Å². The summed E-state index contributed by atoms with van der Waals surface area (Å²) >= 11 is 3.53. The average molecular weight is 321 g/mol. The van der Waals surface area contributed by atoms with Crippen molar-refractivity contribution in [1.82, 2.24) is 0 Å². The highest BCUT2D eigenvalue weighted by Crippen LogP contribution is 2.31. The Morgan fingerprint density at radius 1 is 0.600 bits per heavy atom. The lowest BCUT2D eigenvalue weighted by molar-refractivity contribution is 1.47. The standard InChI is InChI=1S/C19H13Br/c20-12-13-5-8-17-15(11-13)7-10-18-16-4-2-1-3-14(16)6-9-19(17)18/h1-11H,12H2. The molecule has 20 heavy (non-hydrogen) atoms. The lowest BCUT2D eigenvalue weighted by Gasteiger charge is -2.08. The van der Waals surface area contributed by atoms with E-state index in [9.17, 15) is 0 Å². The van der Waals surface area contributed by atoms with Gasteiger partial charge in [-0.25, -0.2) is 0 Å². The molecule has 0 amide bonds. The summed E-state index contributed by atoms with van der Waals surface area (Å²) < 4.78 is 0. The van der Waals surface area contributed by atoms with Gasteiger partial charge < -0.3 is 0 Å². The maximum atomic E-state index is 3.53. The second kappa shape index (κ2) is 4.60. The molecule has 0 spiro atoms. The third-order valence-electron chi connectivity index (χ3n) is 3.96. The van der Waals surface area contributed by atoms with Crippen molar-refractivity contribution in [3.63, 3.8) is 0 Å². The SMILES string of the molecule is BrCc1ccc2c(ccc3c4ccccc4ccc23)c1. The molecule has 0 heterocycles. The molecule has 1 heteroatoms. The van der Waals surface area contributed by atoms with Crippen molar-refractivity contribution >= 4 is 48.2 Å². The predicted molar refractivity (Wildman–Crippen MR) is 91.6 cm³/mol. The molecule has 4 aromatic rings. The van der Waals surface area contributed by atoms with Crippen LogP contribution in [0, 0.1) is 0 Å². The summed E-state index contributed by atoms with van der Waals surface area (Å²) in [6.45, 7) is 0. The van der Waals surface area contributed by atoms with E-state index >= 15 is 0 Å². The van der Waals surface area contributed by atoms with Crippen molar-refractivity contribution in [2.24, 2.45) is 0 Å². The number of fused-ring (bicyclic) bond motifs is 5. The molecule has 0 N–H and O–H groups in total. The fourth-order valence-electron chi connectivity index (χ4n) is 2.96. The largest absolute Gasteiger partial charge is 0.0876 e. The van der Waals surface area contributed by atoms with E-state index < -0.39 is 0 Å². The van der Waals surface area contributed by atoms with Gasteiger partial charge in [0.05, 0.1) is 0 Å². The first-order chi connectivity index (χ1) is 9.86. The minimum atomic E-state index is 0.901. The lowest BCUT2D eigenvalue weighted by atomic mass is 9.96. The normalized spacial score (nSPS) is 11.4. The molecule has 4 rings (SSSR count). The van der Waals surface area contributed by atoms with Crippen LogP contribution in [0.4, 0.5) is 0 Å². The van der Waals surface area contributed by atoms with E-state index in [0.717, 1.165) is 5.33 Å². The number of hydrogen-bond donors (Lipinski definition) is 0. The Morgan fingerprint density at radius 2 is 1.25 bits per heavy atom. The molecule has 0 aliphatic rings. The van der Waals surface area contributed by atoms with Crippen LogP contribution >= 0.6 is 15.9 Å². The monoisotopic (exact) mass is 320 g/mol. The van der Waals surface area contributed by atoms with E-state index in [1.165, 1.54) is 37.9 Å². The Labute approximate surface area is 126 Å². The second-order valence-corrected chi connectivity index (χ2v) is 5.70. The maximum absolute atomic E-state index is 3.53. The number of benzene rings is 4. The number of rotatable bonds is 1. The molecule has 0 saturated heterocycles. The van der Waals surface area contributed by atoms with Gasteiger partial charge in [0.25, 0.3) is 0 Å². The van der Waals surface area contributed by atoms with E-state index in [2.05, 4.69) is 82.7 Å². The van der Waals surface area contributed by atoms with Gasteiger partial charge in [0, 0.05) is 5.33 Å². The van der Waals surface area contributed by atoms with Crippen molar-refractivity contribution in [2.75, 3.05) is 0 Å². The van der Waals surface area contributed by atoms with E-state index in [4.69, 9.17) is 0 Å². The molecule has 96 valence electrons. The summed E-state index contributed by atoms with van der Waals surface area (Å²) in [6, 6.07) is 24.2. The van der Waals surface area contributed by atoms with Crippen LogP contribution in [0.2, 0.25) is 0 Å². The molecule has 0 aliphatic carbocycles. The molecule has 0 radical (unpaired) electrons. The van der Waals surface area contributed by atoms with Gasteiger partial charge in [0.1, 0.15) is 0 Å². The van der Waals surface area contributed by atoms with Crippen LogP contribution in [-0.2, 0) is 5.33 Å². The maximum Gasteiger partial charge on any atom is 0.0283 e. The van der Waals surface area contributed by atoms with E-state index in [0.29, 0.717) is 0 Å². The quantitative estimate of drug-likeness (QED) is 0.296. The fraction of sp³-hybridized carbons (Fsp3) is 0.0526. The second-order valence-electron chi connectivity index (χ2n) is 5.14. The fourth-order valence-corrected chi connectivity index (χ4v) is 3.31. The molecule has 0 fully saturated rings. The third kappa shape index (κ3) is 1.74. The third-order valence-corrected chi connectivity index (χ3v) is 4.61. The Morgan fingerprint density at radius 3 is 2.05 bits per heavy atom. The summed E-state index contributed by atoms with van der Waals surface area (Å²) in [5.41, 5.74) is 1.32. The van der Waals surface area contributed by atoms with E-state index in [1.807, 2.05) is 0 Å². The van der Waals surface area contributed by atoms with Crippen LogP contribution < -0.4 is 0 Å². The number of halogens is 1.